The molecule has 0 saturated heterocycles. The topological polar surface area (TPSA) is 20.2 Å². The molecule has 4 rings (SSSR count). The first-order valence-electron chi connectivity index (χ1n) is 13.3. The van der Waals surface area contributed by atoms with E-state index in [0.717, 1.165) is 42.4 Å². The van der Waals surface area contributed by atoms with E-state index in [1.165, 1.54) is 51.4 Å². The molecule has 0 aromatic rings. The van der Waals surface area contributed by atoms with Crippen LogP contribution >= 0.6 is 0 Å². The van der Waals surface area contributed by atoms with Gasteiger partial charge in [0.15, 0.2) is 0 Å². The molecule has 1 nitrogen and oxygen atoms in total. The lowest BCUT2D eigenvalue weighted by Gasteiger charge is -2.53. The molecule has 0 aliphatic heterocycles. The highest BCUT2D eigenvalue weighted by Crippen LogP contribution is 2.65. The Morgan fingerprint density at radius 1 is 1.07 bits per heavy atom. The second kappa shape index (κ2) is 8.42. The number of aliphatic hydroxyl groups excluding tert-OH is 1. The minimum atomic E-state index is -0.0676. The summed E-state index contributed by atoms with van der Waals surface area (Å²) < 4.78 is 0. The van der Waals surface area contributed by atoms with Crippen LogP contribution in [-0.4, -0.2) is 11.2 Å². The fourth-order valence-corrected chi connectivity index (χ4v) is 8.49. The number of rotatable bonds is 6. The second-order valence-corrected chi connectivity index (χ2v) is 12.5. The van der Waals surface area contributed by atoms with Crippen molar-refractivity contribution in [3.63, 3.8) is 0 Å². The van der Waals surface area contributed by atoms with Crippen LogP contribution in [0, 0.1) is 46.3 Å². The van der Waals surface area contributed by atoms with Crippen molar-refractivity contribution in [2.24, 2.45) is 46.3 Å². The highest BCUT2D eigenvalue weighted by Gasteiger charge is 2.55. The standard InChI is InChI=1S/C29H48O/c1-7-21(19(2)3)9-8-20(4)25-12-13-26-24-11-10-22-18-23(30)14-16-28(22,5)27(24)15-17-29(25,26)6/h11,15,19-23,25-26,30H,7-10,12-14,16-18H2,1-6H3/t20-,21-,22+,23+,25-,26+,28+,29-/m1/s1. The average molecular weight is 413 g/mol. The summed E-state index contributed by atoms with van der Waals surface area (Å²) in [7, 11) is 0. The van der Waals surface area contributed by atoms with Crippen LogP contribution in [0.1, 0.15) is 106 Å². The number of hydrogen-bond acceptors (Lipinski definition) is 1. The largest absolute Gasteiger partial charge is 0.393 e. The molecule has 0 aromatic heterocycles. The maximum absolute atomic E-state index is 10.2. The van der Waals surface area contributed by atoms with E-state index in [1.807, 2.05) is 0 Å². The van der Waals surface area contributed by atoms with Crippen LogP contribution in [0.3, 0.4) is 0 Å². The highest BCUT2D eigenvalue weighted by atomic mass is 16.3. The van der Waals surface area contributed by atoms with E-state index in [9.17, 15) is 5.11 Å². The Bertz CT molecular complexity index is 686. The smallest absolute Gasteiger partial charge is 0.0543 e. The fraction of sp³-hybridized carbons (Fsp3) is 0.862. The number of hydrogen-bond donors (Lipinski definition) is 1. The molecule has 2 saturated carbocycles. The molecule has 4 aliphatic carbocycles. The summed E-state index contributed by atoms with van der Waals surface area (Å²) in [4.78, 5) is 0. The first-order chi connectivity index (χ1) is 14.2. The van der Waals surface area contributed by atoms with Gasteiger partial charge >= 0.3 is 0 Å². The Kier molecular flexibility index (Phi) is 6.35. The van der Waals surface area contributed by atoms with E-state index in [1.54, 1.807) is 11.1 Å². The third kappa shape index (κ3) is 3.66. The van der Waals surface area contributed by atoms with E-state index < -0.39 is 0 Å². The molecule has 0 heterocycles. The maximum Gasteiger partial charge on any atom is 0.0543 e. The zero-order chi connectivity index (χ0) is 21.7. The first-order valence-corrected chi connectivity index (χ1v) is 13.3. The summed E-state index contributed by atoms with van der Waals surface area (Å²) in [5.74, 6) is 4.88. The van der Waals surface area contributed by atoms with Gasteiger partial charge in [-0.1, -0.05) is 66.5 Å². The molecule has 0 spiro atoms. The molecule has 1 N–H and O–H groups in total. The summed E-state index contributed by atoms with van der Waals surface area (Å²) in [6.45, 7) is 14.9. The molecule has 8 atom stereocenters. The third-order valence-electron chi connectivity index (χ3n) is 10.7. The van der Waals surface area contributed by atoms with Crippen LogP contribution in [0.5, 0.6) is 0 Å². The van der Waals surface area contributed by atoms with Gasteiger partial charge < -0.3 is 5.11 Å². The summed E-state index contributed by atoms with van der Waals surface area (Å²) in [6, 6.07) is 0. The maximum atomic E-state index is 10.2. The predicted molar refractivity (Wildman–Crippen MR) is 128 cm³/mol. The molecular weight excluding hydrogens is 364 g/mol. The Hall–Kier alpha value is -0.560. The lowest BCUT2D eigenvalue weighted by Crippen LogP contribution is -2.44. The minimum absolute atomic E-state index is 0.0676. The van der Waals surface area contributed by atoms with Gasteiger partial charge in [0.05, 0.1) is 6.10 Å². The zero-order valence-electron chi connectivity index (χ0n) is 20.7. The second-order valence-electron chi connectivity index (χ2n) is 12.5. The van der Waals surface area contributed by atoms with Gasteiger partial charge in [0, 0.05) is 0 Å². The van der Waals surface area contributed by atoms with Crippen molar-refractivity contribution in [3.05, 3.63) is 23.3 Å². The molecule has 1 heteroatoms. The van der Waals surface area contributed by atoms with E-state index in [2.05, 4.69) is 53.7 Å². The highest BCUT2D eigenvalue weighted by molar-refractivity contribution is 5.46. The van der Waals surface area contributed by atoms with Crippen LogP contribution in [-0.2, 0) is 0 Å². The average Bonchev–Trinajstić information content (AvgIpc) is 3.06. The van der Waals surface area contributed by atoms with Gasteiger partial charge in [-0.25, -0.2) is 0 Å². The van der Waals surface area contributed by atoms with E-state index in [-0.39, 0.29) is 6.10 Å². The van der Waals surface area contributed by atoms with Gasteiger partial charge in [-0.3, -0.25) is 0 Å². The lowest BCUT2D eigenvalue weighted by atomic mass is 9.51. The Morgan fingerprint density at radius 2 is 1.83 bits per heavy atom. The molecule has 0 bridgehead atoms. The fourth-order valence-electron chi connectivity index (χ4n) is 8.49. The molecular formula is C29H48O. The third-order valence-corrected chi connectivity index (χ3v) is 10.7. The van der Waals surface area contributed by atoms with Gasteiger partial charge in [0.2, 0.25) is 0 Å². The van der Waals surface area contributed by atoms with Crippen molar-refractivity contribution in [1.29, 1.82) is 0 Å². The SMILES string of the molecule is CC[C@H](CC[C@@H](C)[C@H]1CC[C@H]2C3=CC[C@H]4C[C@@H](O)CC[C@]4(C)C3=CC[C@]12C)C(C)C. The van der Waals surface area contributed by atoms with Crippen molar-refractivity contribution in [1.82, 2.24) is 0 Å². The molecule has 170 valence electrons. The van der Waals surface area contributed by atoms with Crippen LogP contribution in [0.2, 0.25) is 0 Å². The molecule has 0 aromatic carbocycles. The number of allylic oxidation sites excluding steroid dienone is 4. The molecule has 4 aliphatic rings. The van der Waals surface area contributed by atoms with E-state index in [0.29, 0.717) is 16.7 Å². The monoisotopic (exact) mass is 412 g/mol. The van der Waals surface area contributed by atoms with Crippen LogP contribution in [0.25, 0.3) is 0 Å². The number of fused-ring (bicyclic) bond motifs is 5. The molecule has 0 amide bonds. The van der Waals surface area contributed by atoms with Crippen molar-refractivity contribution in [2.75, 3.05) is 0 Å². The van der Waals surface area contributed by atoms with Crippen LogP contribution in [0.4, 0.5) is 0 Å². The molecule has 0 unspecified atom stereocenters. The van der Waals surface area contributed by atoms with E-state index >= 15 is 0 Å². The predicted octanol–water partition coefficient (Wildman–Crippen LogP) is 7.94. The van der Waals surface area contributed by atoms with E-state index in [4.69, 9.17) is 0 Å². The molecule has 30 heavy (non-hydrogen) atoms. The summed E-state index contributed by atoms with van der Waals surface area (Å²) >= 11 is 0. The Balaban J connectivity index is 1.52. The van der Waals surface area contributed by atoms with Crippen molar-refractivity contribution in [2.45, 2.75) is 112 Å². The van der Waals surface area contributed by atoms with Crippen molar-refractivity contribution >= 4 is 0 Å². The Morgan fingerprint density at radius 3 is 2.53 bits per heavy atom. The zero-order valence-corrected chi connectivity index (χ0v) is 20.7. The summed E-state index contributed by atoms with van der Waals surface area (Å²) in [6.07, 6.45) is 17.9. The van der Waals surface area contributed by atoms with Crippen LogP contribution in [0.15, 0.2) is 23.3 Å². The van der Waals surface area contributed by atoms with Crippen molar-refractivity contribution < 1.29 is 5.11 Å². The van der Waals surface area contributed by atoms with Gasteiger partial charge in [-0.05, 0) is 109 Å². The minimum Gasteiger partial charge on any atom is -0.393 e. The molecule has 2 fully saturated rings. The Labute approximate surface area is 186 Å². The summed E-state index contributed by atoms with van der Waals surface area (Å²) in [5.41, 5.74) is 4.22. The van der Waals surface area contributed by atoms with Crippen molar-refractivity contribution in [3.8, 4) is 0 Å². The molecule has 0 radical (unpaired) electrons. The first kappa shape index (κ1) is 22.6. The van der Waals surface area contributed by atoms with Gasteiger partial charge in [-0.2, -0.15) is 0 Å². The normalized spacial score (nSPS) is 42.7. The number of aliphatic hydroxyl groups is 1. The van der Waals surface area contributed by atoms with Gasteiger partial charge in [0.25, 0.3) is 0 Å². The van der Waals surface area contributed by atoms with Gasteiger partial charge in [-0.15, -0.1) is 0 Å². The quantitative estimate of drug-likeness (QED) is 0.469. The summed E-state index contributed by atoms with van der Waals surface area (Å²) in [5, 5.41) is 10.2. The lowest BCUT2D eigenvalue weighted by molar-refractivity contribution is 0.0308. The van der Waals surface area contributed by atoms with Gasteiger partial charge in [0.1, 0.15) is 0 Å². The van der Waals surface area contributed by atoms with Crippen LogP contribution < -0.4 is 0 Å².